The first-order chi connectivity index (χ1) is 16.5. The Morgan fingerprint density at radius 1 is 1.18 bits per heavy atom. The van der Waals surface area contributed by atoms with E-state index in [1.807, 2.05) is 22.8 Å². The second-order valence-electron chi connectivity index (χ2n) is 9.92. The first-order valence-electron chi connectivity index (χ1n) is 12.3. The van der Waals surface area contributed by atoms with Gasteiger partial charge < -0.3 is 14.5 Å². The van der Waals surface area contributed by atoms with E-state index in [0.717, 1.165) is 50.3 Å². The summed E-state index contributed by atoms with van der Waals surface area (Å²) in [5.41, 5.74) is 7.37. The molecule has 0 saturated carbocycles. The predicted octanol–water partition coefficient (Wildman–Crippen LogP) is 3.79. The molecule has 0 radical (unpaired) electrons. The first-order valence-corrected chi connectivity index (χ1v) is 12.3. The average molecular weight is 461 g/mol. The lowest BCUT2D eigenvalue weighted by Crippen LogP contribution is -2.36. The Balaban J connectivity index is 1.44. The quantitative estimate of drug-likeness (QED) is 0.595. The van der Waals surface area contributed by atoms with Crippen molar-refractivity contribution in [3.8, 4) is 11.1 Å². The number of anilines is 2. The number of aromatic nitrogens is 4. The molecule has 1 amide bonds. The number of nitrogens with zero attached hydrogens (tertiary/aromatic N) is 6. The largest absolute Gasteiger partial charge is 0.379 e. The van der Waals surface area contributed by atoms with Crippen molar-refractivity contribution in [3.63, 3.8) is 0 Å². The predicted molar refractivity (Wildman–Crippen MR) is 130 cm³/mol. The Kier molecular flexibility index (Phi) is 5.21. The summed E-state index contributed by atoms with van der Waals surface area (Å²) in [5.74, 6) is 1.61. The highest BCUT2D eigenvalue weighted by molar-refractivity contribution is 5.76. The molecule has 2 atom stereocenters. The molecule has 3 aliphatic rings. The van der Waals surface area contributed by atoms with Crippen molar-refractivity contribution in [1.82, 2.24) is 24.5 Å². The van der Waals surface area contributed by atoms with Crippen LogP contribution in [0.15, 0.2) is 30.6 Å². The molecule has 2 aromatic heterocycles. The van der Waals surface area contributed by atoms with E-state index in [-0.39, 0.29) is 11.9 Å². The Morgan fingerprint density at radius 3 is 2.79 bits per heavy atom. The monoisotopic (exact) mass is 460 g/mol. The van der Waals surface area contributed by atoms with Gasteiger partial charge in [0.25, 0.3) is 0 Å². The second kappa shape index (κ2) is 8.27. The number of hydrogen-bond acceptors (Lipinski definition) is 5. The number of rotatable bonds is 3. The van der Waals surface area contributed by atoms with Crippen LogP contribution in [0.2, 0.25) is 0 Å². The Morgan fingerprint density at radius 2 is 2.06 bits per heavy atom. The zero-order chi connectivity index (χ0) is 23.4. The lowest BCUT2D eigenvalue weighted by molar-refractivity contribution is -0.129. The summed E-state index contributed by atoms with van der Waals surface area (Å²) < 4.78 is 9.76. The lowest BCUT2D eigenvalue weighted by atomic mass is 9.89. The molecule has 0 spiro atoms. The summed E-state index contributed by atoms with van der Waals surface area (Å²) >= 11 is 0. The van der Waals surface area contributed by atoms with Gasteiger partial charge in [-0.15, -0.1) is 0 Å². The number of benzene rings is 1. The number of hydrogen-bond donors (Lipinski definition) is 0. The van der Waals surface area contributed by atoms with Gasteiger partial charge in [0.2, 0.25) is 5.91 Å². The normalized spacial score (nSPS) is 22.1. The summed E-state index contributed by atoms with van der Waals surface area (Å²) in [6.07, 6.45) is 6.88. The van der Waals surface area contributed by atoms with Crippen molar-refractivity contribution in [2.24, 2.45) is 7.05 Å². The zero-order valence-corrected chi connectivity index (χ0v) is 20.2. The van der Waals surface area contributed by atoms with Gasteiger partial charge in [0.15, 0.2) is 5.82 Å². The van der Waals surface area contributed by atoms with Gasteiger partial charge in [-0.1, -0.05) is 13.0 Å². The minimum Gasteiger partial charge on any atom is -0.379 e. The van der Waals surface area contributed by atoms with Crippen LogP contribution in [0.4, 0.5) is 11.5 Å². The maximum Gasteiger partial charge on any atom is 0.219 e. The van der Waals surface area contributed by atoms with Crippen molar-refractivity contribution in [2.45, 2.75) is 51.6 Å². The third-order valence-electron chi connectivity index (χ3n) is 7.69. The van der Waals surface area contributed by atoms with E-state index in [9.17, 15) is 4.79 Å². The van der Waals surface area contributed by atoms with E-state index in [1.54, 1.807) is 6.92 Å². The van der Waals surface area contributed by atoms with E-state index in [2.05, 4.69) is 46.0 Å². The smallest absolute Gasteiger partial charge is 0.219 e. The fourth-order valence-corrected chi connectivity index (χ4v) is 5.69. The molecule has 0 N–H and O–H groups in total. The minimum atomic E-state index is 0.127. The lowest BCUT2D eigenvalue weighted by Gasteiger charge is -2.35. The molecule has 8 nitrogen and oxygen atoms in total. The molecule has 34 heavy (non-hydrogen) atoms. The maximum absolute atomic E-state index is 12.2. The topological polar surface area (TPSA) is 68.4 Å². The molecule has 3 aromatic rings. The number of carbonyl (C=O) groups excluding carboxylic acids is 1. The van der Waals surface area contributed by atoms with Gasteiger partial charge in [0.05, 0.1) is 25.4 Å². The molecular weight excluding hydrogens is 428 g/mol. The second-order valence-corrected chi connectivity index (χ2v) is 9.92. The molecule has 1 saturated heterocycles. The van der Waals surface area contributed by atoms with Crippen molar-refractivity contribution in [2.75, 3.05) is 31.2 Å². The van der Waals surface area contributed by atoms with Crippen molar-refractivity contribution >= 4 is 17.4 Å². The molecule has 1 fully saturated rings. The Labute approximate surface area is 200 Å². The van der Waals surface area contributed by atoms with Gasteiger partial charge in [-0.2, -0.15) is 10.2 Å². The SMILES string of the molecule is CC(=O)N1CCc2c(c(N3CCC(C)c4cc(-c5cnn(C)c5)ccc43)nn2[C@H]2CCOC2)C1. The number of ether oxygens (including phenoxy) is 1. The van der Waals surface area contributed by atoms with Crippen LogP contribution in [-0.4, -0.2) is 56.7 Å². The van der Waals surface area contributed by atoms with Crippen molar-refractivity contribution < 1.29 is 9.53 Å². The summed E-state index contributed by atoms with van der Waals surface area (Å²) in [7, 11) is 1.95. The molecule has 0 bridgehead atoms. The van der Waals surface area contributed by atoms with Crippen LogP contribution in [0.3, 0.4) is 0 Å². The van der Waals surface area contributed by atoms with Crippen LogP contribution < -0.4 is 4.90 Å². The van der Waals surface area contributed by atoms with Gasteiger partial charge in [-0.25, -0.2) is 0 Å². The summed E-state index contributed by atoms with van der Waals surface area (Å²) in [5, 5.41) is 9.56. The van der Waals surface area contributed by atoms with Gasteiger partial charge in [-0.3, -0.25) is 14.2 Å². The summed E-state index contributed by atoms with van der Waals surface area (Å²) in [4.78, 5) is 16.6. The fraction of sp³-hybridized carbons (Fsp3) is 0.500. The molecule has 0 aliphatic carbocycles. The molecule has 1 unspecified atom stereocenters. The number of carbonyl (C=O) groups is 1. The molecule has 5 heterocycles. The Bertz CT molecular complexity index is 1240. The third kappa shape index (κ3) is 3.52. The first kappa shape index (κ1) is 21.4. The van der Waals surface area contributed by atoms with Crippen LogP contribution in [0, 0.1) is 0 Å². The molecule has 6 rings (SSSR count). The average Bonchev–Trinajstić information content (AvgIpc) is 3.59. The van der Waals surface area contributed by atoms with Crippen molar-refractivity contribution in [1.29, 1.82) is 0 Å². The Hall–Kier alpha value is -3.13. The van der Waals surface area contributed by atoms with Crippen LogP contribution >= 0.6 is 0 Å². The summed E-state index contributed by atoms with van der Waals surface area (Å²) in [6.45, 7) is 7.78. The number of amides is 1. The van der Waals surface area contributed by atoms with E-state index in [1.165, 1.54) is 28.1 Å². The van der Waals surface area contributed by atoms with E-state index >= 15 is 0 Å². The van der Waals surface area contributed by atoms with Crippen molar-refractivity contribution in [3.05, 3.63) is 47.4 Å². The molecule has 3 aliphatic heterocycles. The zero-order valence-electron chi connectivity index (χ0n) is 20.2. The van der Waals surface area contributed by atoms with E-state index in [4.69, 9.17) is 9.84 Å². The van der Waals surface area contributed by atoms with Gasteiger partial charge >= 0.3 is 0 Å². The third-order valence-corrected chi connectivity index (χ3v) is 7.69. The highest BCUT2D eigenvalue weighted by atomic mass is 16.5. The highest BCUT2D eigenvalue weighted by Crippen LogP contribution is 2.43. The van der Waals surface area contributed by atoms with Gasteiger partial charge in [0.1, 0.15) is 0 Å². The highest BCUT2D eigenvalue weighted by Gasteiger charge is 2.34. The van der Waals surface area contributed by atoms with Crippen LogP contribution in [-0.2, 0) is 29.5 Å². The van der Waals surface area contributed by atoms with Crippen LogP contribution in [0.25, 0.3) is 11.1 Å². The number of fused-ring (bicyclic) bond motifs is 2. The van der Waals surface area contributed by atoms with E-state index < -0.39 is 0 Å². The standard InChI is InChI=1S/C26H32N6O2/c1-17-6-10-31(24-5-4-19(12-22(17)24)20-13-27-29(3)14-20)26-23-15-30(18(2)33)9-7-25(23)32(28-26)21-8-11-34-16-21/h4-5,12-14,17,21H,6-11,15-16H2,1-3H3/t17?,21-/m0/s1. The minimum absolute atomic E-state index is 0.127. The fourth-order valence-electron chi connectivity index (χ4n) is 5.69. The summed E-state index contributed by atoms with van der Waals surface area (Å²) in [6, 6.07) is 7.03. The van der Waals surface area contributed by atoms with Crippen LogP contribution in [0.5, 0.6) is 0 Å². The van der Waals surface area contributed by atoms with Crippen LogP contribution in [0.1, 0.15) is 55.5 Å². The molecular formula is C26H32N6O2. The maximum atomic E-state index is 12.2. The van der Waals surface area contributed by atoms with E-state index in [0.29, 0.717) is 19.1 Å². The van der Waals surface area contributed by atoms with Gasteiger partial charge in [0, 0.05) is 68.8 Å². The number of aryl methyl sites for hydroxylation is 1. The molecule has 178 valence electrons. The van der Waals surface area contributed by atoms with Gasteiger partial charge in [-0.05, 0) is 42.0 Å². The molecule has 8 heteroatoms. The molecule has 1 aromatic carbocycles.